The number of nitrogens with one attached hydrogen (secondary N) is 1. The van der Waals surface area contributed by atoms with Crippen LogP contribution in [0.15, 0.2) is 54.2 Å². The average Bonchev–Trinajstić information content (AvgIpc) is 3.29. The first-order valence-electron chi connectivity index (χ1n) is 9.31. The van der Waals surface area contributed by atoms with E-state index in [1.165, 1.54) is 0 Å². The van der Waals surface area contributed by atoms with Crippen LogP contribution in [0.25, 0.3) is 10.6 Å². The molecule has 1 aliphatic rings. The molecule has 1 fully saturated rings. The van der Waals surface area contributed by atoms with Crippen LogP contribution in [0.5, 0.6) is 11.5 Å². The Hall–Kier alpha value is -2.97. The number of carbonyl (C=O) groups is 1. The molecule has 1 N–H and O–H groups in total. The van der Waals surface area contributed by atoms with Crippen LogP contribution in [-0.2, 0) is 10.3 Å². The monoisotopic (exact) mass is 410 g/mol. The quantitative estimate of drug-likeness (QED) is 0.604. The van der Waals surface area contributed by atoms with Crippen molar-refractivity contribution in [1.29, 1.82) is 0 Å². The second-order valence-electron chi connectivity index (χ2n) is 6.75. The standard InChI is InChI=1S/C21H22N4O3S/c1-27-17-6-4-16(5-7-17)20-24-19(12-29-20)21(13-23-9-10-25(21)15-26)14-28-18-3-2-8-22-11-18/h2-8,11-12,15,23H,9-10,13-14H2,1H3. The highest BCUT2D eigenvalue weighted by atomic mass is 32.1. The minimum absolute atomic E-state index is 0.288. The summed E-state index contributed by atoms with van der Waals surface area (Å²) in [5.41, 5.74) is 1.14. The molecular formula is C21H22N4O3S. The molecule has 1 aromatic carbocycles. The van der Waals surface area contributed by atoms with Crippen molar-refractivity contribution in [3.8, 4) is 22.1 Å². The third-order valence-corrected chi connectivity index (χ3v) is 5.95. The maximum absolute atomic E-state index is 11.9. The molecule has 29 heavy (non-hydrogen) atoms. The van der Waals surface area contributed by atoms with Crippen molar-refractivity contribution in [3.63, 3.8) is 0 Å². The van der Waals surface area contributed by atoms with E-state index in [1.54, 1.807) is 35.7 Å². The van der Waals surface area contributed by atoms with Crippen molar-refractivity contribution < 1.29 is 14.3 Å². The predicted molar refractivity (Wildman–Crippen MR) is 111 cm³/mol. The number of ether oxygens (including phenoxy) is 2. The van der Waals surface area contributed by atoms with Gasteiger partial charge in [0.1, 0.15) is 28.7 Å². The number of amides is 1. The van der Waals surface area contributed by atoms with Gasteiger partial charge in [0.2, 0.25) is 6.41 Å². The summed E-state index contributed by atoms with van der Waals surface area (Å²) in [6.07, 6.45) is 4.25. The number of thiazole rings is 1. The molecular weight excluding hydrogens is 388 g/mol. The Morgan fingerprint density at radius 2 is 2.14 bits per heavy atom. The number of hydrogen-bond acceptors (Lipinski definition) is 7. The van der Waals surface area contributed by atoms with Crippen molar-refractivity contribution in [1.82, 2.24) is 20.2 Å². The fourth-order valence-corrected chi connectivity index (χ4v) is 4.32. The van der Waals surface area contributed by atoms with Gasteiger partial charge in [-0.2, -0.15) is 0 Å². The lowest BCUT2D eigenvalue weighted by atomic mass is 9.92. The molecule has 0 bridgehead atoms. The maximum atomic E-state index is 11.9. The minimum Gasteiger partial charge on any atom is -0.497 e. The van der Waals surface area contributed by atoms with E-state index in [9.17, 15) is 4.79 Å². The first kappa shape index (κ1) is 19.4. The molecule has 0 aliphatic carbocycles. The van der Waals surface area contributed by atoms with Crippen molar-refractivity contribution in [2.24, 2.45) is 0 Å². The number of carbonyl (C=O) groups excluding carboxylic acids is 1. The normalized spacial score (nSPS) is 19.0. The topological polar surface area (TPSA) is 76.6 Å². The lowest BCUT2D eigenvalue weighted by molar-refractivity contribution is -0.127. The summed E-state index contributed by atoms with van der Waals surface area (Å²) in [4.78, 5) is 22.7. The fourth-order valence-electron chi connectivity index (χ4n) is 3.40. The highest BCUT2D eigenvalue weighted by Gasteiger charge is 2.43. The molecule has 0 radical (unpaired) electrons. The van der Waals surface area contributed by atoms with E-state index >= 15 is 0 Å². The number of pyridine rings is 1. The van der Waals surface area contributed by atoms with E-state index in [-0.39, 0.29) is 6.61 Å². The zero-order valence-electron chi connectivity index (χ0n) is 16.1. The van der Waals surface area contributed by atoms with Crippen LogP contribution < -0.4 is 14.8 Å². The minimum atomic E-state index is -0.683. The van der Waals surface area contributed by atoms with Gasteiger partial charge in [-0.05, 0) is 36.4 Å². The van der Waals surface area contributed by atoms with Gasteiger partial charge in [-0.25, -0.2) is 4.98 Å². The Kier molecular flexibility index (Phi) is 5.73. The number of piperazine rings is 1. The van der Waals surface area contributed by atoms with Crippen molar-refractivity contribution >= 4 is 17.7 Å². The van der Waals surface area contributed by atoms with Gasteiger partial charge in [-0.3, -0.25) is 9.78 Å². The Morgan fingerprint density at radius 1 is 1.28 bits per heavy atom. The third-order valence-electron chi connectivity index (χ3n) is 5.05. The van der Waals surface area contributed by atoms with Gasteiger partial charge in [0, 0.05) is 36.8 Å². The van der Waals surface area contributed by atoms with E-state index in [2.05, 4.69) is 10.3 Å². The predicted octanol–water partition coefficient (Wildman–Crippen LogP) is 2.55. The van der Waals surface area contributed by atoms with Crippen molar-refractivity contribution in [2.45, 2.75) is 5.54 Å². The molecule has 2 aromatic heterocycles. The number of nitrogens with zero attached hydrogens (tertiary/aromatic N) is 3. The van der Waals surface area contributed by atoms with E-state index < -0.39 is 5.54 Å². The first-order valence-corrected chi connectivity index (χ1v) is 10.2. The molecule has 1 aliphatic heterocycles. The highest BCUT2D eigenvalue weighted by Crippen LogP contribution is 2.34. The largest absolute Gasteiger partial charge is 0.497 e. The molecule has 3 aromatic rings. The number of hydrogen-bond donors (Lipinski definition) is 1. The van der Waals surface area contributed by atoms with Gasteiger partial charge >= 0.3 is 0 Å². The van der Waals surface area contributed by atoms with Crippen LogP contribution in [0.4, 0.5) is 0 Å². The van der Waals surface area contributed by atoms with Gasteiger partial charge in [-0.15, -0.1) is 11.3 Å². The molecule has 1 saturated heterocycles. The second kappa shape index (κ2) is 8.59. The molecule has 3 heterocycles. The summed E-state index contributed by atoms with van der Waals surface area (Å²) in [5, 5.41) is 6.29. The second-order valence-corrected chi connectivity index (χ2v) is 7.61. The summed E-state index contributed by atoms with van der Waals surface area (Å²) in [6, 6.07) is 11.5. The summed E-state index contributed by atoms with van der Waals surface area (Å²) in [6.45, 7) is 2.19. The molecule has 0 spiro atoms. The summed E-state index contributed by atoms with van der Waals surface area (Å²) < 4.78 is 11.3. The molecule has 8 heteroatoms. The zero-order valence-corrected chi connectivity index (χ0v) is 16.9. The highest BCUT2D eigenvalue weighted by molar-refractivity contribution is 7.13. The lowest BCUT2D eigenvalue weighted by Gasteiger charge is -2.44. The van der Waals surface area contributed by atoms with Crippen LogP contribution in [0.1, 0.15) is 5.69 Å². The first-order chi connectivity index (χ1) is 14.2. The van der Waals surface area contributed by atoms with Crippen LogP contribution in [0.3, 0.4) is 0 Å². The van der Waals surface area contributed by atoms with Gasteiger partial charge in [0.25, 0.3) is 0 Å². The molecule has 1 amide bonds. The molecule has 7 nitrogen and oxygen atoms in total. The van der Waals surface area contributed by atoms with Gasteiger partial charge in [0.15, 0.2) is 0 Å². The van der Waals surface area contributed by atoms with Gasteiger partial charge in [-0.1, -0.05) is 0 Å². The van der Waals surface area contributed by atoms with Crippen LogP contribution in [-0.4, -0.2) is 54.6 Å². The number of aromatic nitrogens is 2. The summed E-state index contributed by atoms with van der Waals surface area (Å²) in [5.74, 6) is 1.46. The van der Waals surface area contributed by atoms with Crippen molar-refractivity contribution in [2.75, 3.05) is 33.4 Å². The number of rotatable bonds is 7. The smallest absolute Gasteiger partial charge is 0.210 e. The maximum Gasteiger partial charge on any atom is 0.210 e. The molecule has 150 valence electrons. The van der Waals surface area contributed by atoms with E-state index in [0.717, 1.165) is 35.0 Å². The van der Waals surface area contributed by atoms with Crippen LogP contribution >= 0.6 is 11.3 Å². The molecule has 1 atom stereocenters. The summed E-state index contributed by atoms with van der Waals surface area (Å²) >= 11 is 1.55. The molecule has 4 rings (SSSR count). The zero-order chi connectivity index (χ0) is 20.1. The summed E-state index contributed by atoms with van der Waals surface area (Å²) in [7, 11) is 1.65. The fraction of sp³-hybridized carbons (Fsp3) is 0.286. The van der Waals surface area contributed by atoms with Crippen LogP contribution in [0.2, 0.25) is 0 Å². The van der Waals surface area contributed by atoms with Gasteiger partial charge in [0.05, 0.1) is 19.0 Å². The number of benzene rings is 1. The SMILES string of the molecule is COc1ccc(-c2nc(C3(COc4cccnc4)CNCCN3C=O)cs2)cc1. The Morgan fingerprint density at radius 3 is 2.86 bits per heavy atom. The Balaban J connectivity index is 1.65. The molecule has 0 saturated carbocycles. The third kappa shape index (κ3) is 3.94. The van der Waals surface area contributed by atoms with E-state index in [1.807, 2.05) is 41.8 Å². The van der Waals surface area contributed by atoms with Gasteiger partial charge < -0.3 is 19.7 Å². The van der Waals surface area contributed by atoms with E-state index in [4.69, 9.17) is 14.5 Å². The van der Waals surface area contributed by atoms with Crippen LogP contribution in [0, 0.1) is 0 Å². The average molecular weight is 410 g/mol. The van der Waals surface area contributed by atoms with E-state index in [0.29, 0.717) is 18.8 Å². The van der Waals surface area contributed by atoms with Crippen molar-refractivity contribution in [3.05, 3.63) is 59.9 Å². The Bertz CT molecular complexity index is 948. The lowest BCUT2D eigenvalue weighted by Crippen LogP contribution is -2.61. The Labute approximate surface area is 173 Å². The number of methoxy groups -OCH3 is 1. The molecule has 1 unspecified atom stereocenters.